The van der Waals surface area contributed by atoms with E-state index in [1.165, 1.54) is 26.1 Å². The molecule has 6 heterocycles. The van der Waals surface area contributed by atoms with Gasteiger partial charge in [-0.05, 0) is 50.1 Å². The van der Waals surface area contributed by atoms with Gasteiger partial charge >= 0.3 is 10.2 Å². The quantitative estimate of drug-likeness (QED) is 0.428. The second-order valence-corrected chi connectivity index (χ2v) is 15.5. The number of piperazine rings is 1. The van der Waals surface area contributed by atoms with Crippen LogP contribution in [0.2, 0.25) is 5.02 Å². The van der Waals surface area contributed by atoms with Crippen LogP contribution in [0, 0.1) is 0 Å². The molecule has 45 heavy (non-hydrogen) atoms. The number of piperidine rings is 1. The highest BCUT2D eigenvalue weighted by molar-refractivity contribution is 7.95. The van der Waals surface area contributed by atoms with Crippen LogP contribution in [0.1, 0.15) is 37.8 Å². The van der Waals surface area contributed by atoms with E-state index < -0.39 is 10.2 Å². The van der Waals surface area contributed by atoms with Crippen molar-refractivity contribution in [3.05, 3.63) is 52.7 Å². The van der Waals surface area contributed by atoms with Crippen LogP contribution in [0.25, 0.3) is 0 Å². The maximum atomic E-state index is 13.7. The Balaban J connectivity index is 1.07. The lowest BCUT2D eigenvalue weighted by atomic mass is 9.84. The Labute approximate surface area is 269 Å². The molecule has 2 aromatic carbocycles. The molecular formula is C32H39ClN8O3S. The summed E-state index contributed by atoms with van der Waals surface area (Å²) in [6, 6.07) is 10.5. The number of nitrogens with zero attached hydrogens (tertiary/aromatic N) is 7. The molecule has 0 radical (unpaired) electrons. The van der Waals surface area contributed by atoms with Crippen molar-refractivity contribution in [3.8, 4) is 5.75 Å². The Bertz CT molecular complexity index is 1770. The number of likely N-dealkylation sites (N-methyl/N-ethyl adjacent to an activating group) is 1. The summed E-state index contributed by atoms with van der Waals surface area (Å²) in [6.45, 7) is 12.0. The number of hydrogen-bond donors (Lipinski definition) is 1. The molecule has 0 spiro atoms. The normalized spacial score (nSPS) is 22.4. The SMILES string of the molecule is CN1CCN(C2CCN(c3ccc(Nc4ncc(Cl)c(N5c6cccc7c6N(CC7)S5(=O)=O)n4)c4c3C(C)(C)CO4)CC2)CC1. The van der Waals surface area contributed by atoms with Crippen molar-refractivity contribution in [2.75, 3.05) is 78.3 Å². The molecule has 238 valence electrons. The zero-order chi connectivity index (χ0) is 31.1. The minimum Gasteiger partial charge on any atom is -0.490 e. The summed E-state index contributed by atoms with van der Waals surface area (Å²) in [5.74, 6) is 1.16. The molecule has 0 amide bonds. The Hall–Kier alpha value is -3.32. The molecule has 0 bridgehead atoms. The molecule has 0 atom stereocenters. The minimum absolute atomic E-state index is 0.120. The monoisotopic (exact) mass is 650 g/mol. The fraction of sp³-hybridized carbons (Fsp3) is 0.500. The highest BCUT2D eigenvalue weighted by atomic mass is 35.5. The van der Waals surface area contributed by atoms with Crippen molar-refractivity contribution in [1.29, 1.82) is 0 Å². The molecule has 1 N–H and O–H groups in total. The summed E-state index contributed by atoms with van der Waals surface area (Å²) in [4.78, 5) is 16.7. The summed E-state index contributed by atoms with van der Waals surface area (Å²) in [7, 11) is -1.67. The van der Waals surface area contributed by atoms with Gasteiger partial charge in [0.05, 0.1) is 29.9 Å². The van der Waals surface area contributed by atoms with E-state index in [1.807, 2.05) is 18.2 Å². The van der Waals surface area contributed by atoms with Gasteiger partial charge in [-0.1, -0.05) is 37.6 Å². The van der Waals surface area contributed by atoms with E-state index in [9.17, 15) is 8.42 Å². The second kappa shape index (κ2) is 10.6. The van der Waals surface area contributed by atoms with Crippen LogP contribution in [0.4, 0.5) is 34.5 Å². The zero-order valence-electron chi connectivity index (χ0n) is 26.0. The third-order valence-corrected chi connectivity index (χ3v) is 12.1. The van der Waals surface area contributed by atoms with Gasteiger partial charge in [-0.3, -0.25) is 9.21 Å². The average molecular weight is 651 g/mol. The van der Waals surface area contributed by atoms with Crippen LogP contribution in [-0.2, 0) is 22.0 Å². The van der Waals surface area contributed by atoms with Gasteiger partial charge in [-0.15, -0.1) is 0 Å². The molecule has 2 fully saturated rings. The maximum absolute atomic E-state index is 13.7. The minimum atomic E-state index is -3.88. The Morgan fingerprint density at radius 3 is 2.56 bits per heavy atom. The number of rotatable bonds is 5. The fourth-order valence-corrected chi connectivity index (χ4v) is 9.59. The predicted molar refractivity (Wildman–Crippen MR) is 178 cm³/mol. The number of nitrogens with one attached hydrogen (secondary N) is 1. The summed E-state index contributed by atoms with van der Waals surface area (Å²) in [6.07, 6.45) is 4.45. The van der Waals surface area contributed by atoms with Gasteiger partial charge in [0, 0.05) is 68.5 Å². The zero-order valence-corrected chi connectivity index (χ0v) is 27.5. The van der Waals surface area contributed by atoms with Crippen LogP contribution in [0.3, 0.4) is 0 Å². The van der Waals surface area contributed by atoms with Gasteiger partial charge in [0.25, 0.3) is 0 Å². The molecule has 1 aromatic heterocycles. The molecule has 0 unspecified atom stereocenters. The van der Waals surface area contributed by atoms with Crippen molar-refractivity contribution in [2.24, 2.45) is 0 Å². The lowest BCUT2D eigenvalue weighted by Crippen LogP contribution is -2.52. The predicted octanol–water partition coefficient (Wildman–Crippen LogP) is 4.52. The van der Waals surface area contributed by atoms with Crippen molar-refractivity contribution in [2.45, 2.75) is 44.6 Å². The van der Waals surface area contributed by atoms with Gasteiger partial charge in [0.15, 0.2) is 5.82 Å². The van der Waals surface area contributed by atoms with E-state index in [-0.39, 0.29) is 22.2 Å². The first-order chi connectivity index (χ1) is 21.6. The number of para-hydroxylation sites is 1. The lowest BCUT2D eigenvalue weighted by Gasteiger charge is -2.43. The van der Waals surface area contributed by atoms with Gasteiger partial charge in [-0.25, -0.2) is 9.29 Å². The number of halogens is 1. The third-order valence-electron chi connectivity index (χ3n) is 10.1. The van der Waals surface area contributed by atoms with Crippen molar-refractivity contribution < 1.29 is 13.2 Å². The summed E-state index contributed by atoms with van der Waals surface area (Å²) in [5, 5.41) is 3.49. The van der Waals surface area contributed by atoms with Gasteiger partial charge in [0.1, 0.15) is 10.8 Å². The van der Waals surface area contributed by atoms with Crippen LogP contribution in [0.15, 0.2) is 36.5 Å². The van der Waals surface area contributed by atoms with Crippen LogP contribution in [0.5, 0.6) is 5.75 Å². The summed E-state index contributed by atoms with van der Waals surface area (Å²) < 4.78 is 36.3. The number of benzene rings is 2. The maximum Gasteiger partial charge on any atom is 0.332 e. The molecule has 2 saturated heterocycles. The molecular weight excluding hydrogens is 612 g/mol. The van der Waals surface area contributed by atoms with Gasteiger partial charge in [0.2, 0.25) is 5.95 Å². The molecule has 3 aromatic rings. The first kappa shape index (κ1) is 29.1. The molecule has 11 nitrogen and oxygen atoms in total. The van der Waals surface area contributed by atoms with Crippen LogP contribution < -0.4 is 23.6 Å². The van der Waals surface area contributed by atoms with E-state index in [1.54, 1.807) is 6.07 Å². The first-order valence-electron chi connectivity index (χ1n) is 15.8. The van der Waals surface area contributed by atoms with Crippen molar-refractivity contribution in [1.82, 2.24) is 19.8 Å². The Kier molecular flexibility index (Phi) is 6.87. The molecule has 8 rings (SSSR count). The third kappa shape index (κ3) is 4.71. The summed E-state index contributed by atoms with van der Waals surface area (Å²) >= 11 is 6.57. The molecule has 0 saturated carbocycles. The standard InChI is InChI=1S/C32H39ClN8O3S/c1-32(2)20-44-29-24(7-8-25(27(29)32)39-12-10-22(11-13-39)38-17-15-37(3)16-18-38)35-31-34-19-23(33)30(36-31)41-26-6-4-5-21-9-14-40(28(21)26)45(41,42)43/h4-8,19,22H,9-18,20H2,1-3H3,(H,34,35,36). The van der Waals surface area contributed by atoms with E-state index in [0.717, 1.165) is 69.1 Å². The van der Waals surface area contributed by atoms with Crippen LogP contribution >= 0.6 is 11.6 Å². The van der Waals surface area contributed by atoms with E-state index in [2.05, 4.69) is 56.9 Å². The smallest absolute Gasteiger partial charge is 0.332 e. The van der Waals surface area contributed by atoms with Gasteiger partial charge in [-0.2, -0.15) is 13.4 Å². The molecule has 13 heteroatoms. The largest absolute Gasteiger partial charge is 0.490 e. The van der Waals surface area contributed by atoms with Gasteiger partial charge < -0.3 is 19.9 Å². The number of hydrogen-bond acceptors (Lipinski definition) is 9. The van der Waals surface area contributed by atoms with E-state index in [4.69, 9.17) is 16.3 Å². The Morgan fingerprint density at radius 2 is 1.78 bits per heavy atom. The molecule has 5 aliphatic heterocycles. The number of aromatic nitrogens is 2. The average Bonchev–Trinajstić information content (AvgIpc) is 3.68. The lowest BCUT2D eigenvalue weighted by molar-refractivity contribution is 0.0982. The highest BCUT2D eigenvalue weighted by Gasteiger charge is 2.47. The fourth-order valence-electron chi connectivity index (χ4n) is 7.65. The molecule has 0 aliphatic carbocycles. The highest BCUT2D eigenvalue weighted by Crippen LogP contribution is 2.52. The van der Waals surface area contributed by atoms with E-state index >= 15 is 0 Å². The number of fused-ring (bicyclic) bond motifs is 1. The Morgan fingerprint density at radius 1 is 1.00 bits per heavy atom. The number of anilines is 6. The van der Waals surface area contributed by atoms with Crippen molar-refractivity contribution >= 4 is 56.3 Å². The molecule has 5 aliphatic rings. The topological polar surface area (TPSA) is 97.4 Å². The van der Waals surface area contributed by atoms with Crippen molar-refractivity contribution in [3.63, 3.8) is 0 Å². The van der Waals surface area contributed by atoms with Crippen LogP contribution in [-0.4, -0.2) is 93.7 Å². The first-order valence-corrected chi connectivity index (χ1v) is 17.6. The summed E-state index contributed by atoms with van der Waals surface area (Å²) in [5.41, 5.74) is 5.24. The van der Waals surface area contributed by atoms with E-state index in [0.29, 0.717) is 37.0 Å². The second-order valence-electron chi connectivity index (χ2n) is 13.4. The number of ether oxygens (including phenoxy) is 1.